The van der Waals surface area contributed by atoms with Crippen LogP contribution in [0.4, 0.5) is 34.1 Å². The van der Waals surface area contributed by atoms with Crippen LogP contribution >= 0.6 is 0 Å². The molecule has 5 aromatic carbocycles. The van der Waals surface area contributed by atoms with Crippen LogP contribution in [0.2, 0.25) is 0 Å². The molecule has 9 radical (unpaired) electrons. The molecule has 0 unspecified atom stereocenters. The molecule has 26 heteroatoms. The summed E-state index contributed by atoms with van der Waals surface area (Å²) in [6.45, 7) is 7.32. The van der Waals surface area contributed by atoms with Crippen LogP contribution in [-0.4, -0.2) is 144 Å². The van der Waals surface area contributed by atoms with Crippen LogP contribution in [0.5, 0.6) is 17.2 Å². The lowest BCUT2D eigenvalue weighted by Gasteiger charge is -2.31. The summed E-state index contributed by atoms with van der Waals surface area (Å²) in [5, 5.41) is 5.79. The molecule has 3 aromatic heterocycles. The number of nitrogens with zero attached hydrogens (tertiary/aromatic N) is 8. The number of H-pyrrole nitrogens is 1. The molecule has 0 bridgehead atoms. The van der Waals surface area contributed by atoms with Crippen molar-refractivity contribution in [2.75, 3.05) is 83.7 Å². The number of anilines is 6. The standard InChI is InChI=1S/C22H24N4O3.C21H22N4O3.C13H16N4O.CH4.B7/c1-25-12-19(23-16-25)13-26-9-10-29-21-8-7-18(11-20(21)26)24-22(27)15-28-14-17-5-3-2-4-6-17;26-21(14-27-13-16-4-2-1-3-5-16)24-17-6-7-20-19(10-17)25(8-9-28-20)12-18-11-22-15-23-18;1-16-7-11(15-9-16)8-17-4-5-18-13-3-2-10(14)6-12(13)17;;1-5-7(4)6(2)3/h2-8,11-12,16H,9-10,13-15H2,1H3,(H,24,27);1-7,10-11,15H,8-9,12-14H2,(H,22,23)(H,24,26);2-3,6-7,9H,4-5,8,14H2,1H3;1H4;. The Kier molecular flexibility index (Phi) is 23.8. The van der Waals surface area contributed by atoms with Gasteiger partial charge < -0.3 is 68.9 Å². The molecule has 0 atom stereocenters. The number of hydrogen-bond donors (Lipinski definition) is 4. The number of carbonyl (C=O) groups excluding carboxylic acids is 2. The first-order chi connectivity index (χ1) is 39.8. The molecule has 2 amide bonds. The maximum atomic E-state index is 12.3. The van der Waals surface area contributed by atoms with Gasteiger partial charge in [0.05, 0.1) is 106 Å². The van der Waals surface area contributed by atoms with Gasteiger partial charge in [-0.1, -0.05) is 68.1 Å². The molecule has 0 fully saturated rings. The minimum absolute atomic E-state index is 0. The number of rotatable bonds is 18. The van der Waals surface area contributed by atoms with Crippen molar-refractivity contribution in [3.63, 3.8) is 0 Å². The molecule has 6 heterocycles. The lowest BCUT2D eigenvalue weighted by Crippen LogP contribution is -2.43. The normalized spacial score (nSPS) is 12.6. The number of aromatic nitrogens is 6. The Bertz CT molecular complexity index is 3260. The number of imidazole rings is 3. The molecule has 83 heavy (non-hydrogen) atoms. The van der Waals surface area contributed by atoms with Crippen LogP contribution < -0.4 is 45.3 Å². The second kappa shape index (κ2) is 31.7. The molecular formula is C57H66B7N12O7. The van der Waals surface area contributed by atoms with E-state index in [2.05, 4.69) is 45.3 Å². The average molecular weight is 1110 g/mol. The number of nitrogens with two attached hydrogens (primary N) is 1. The van der Waals surface area contributed by atoms with E-state index in [0.717, 1.165) is 94.4 Å². The Morgan fingerprint density at radius 2 is 1.10 bits per heavy atom. The molecule has 8 aromatic rings. The van der Waals surface area contributed by atoms with Crippen molar-refractivity contribution in [1.29, 1.82) is 0 Å². The predicted molar refractivity (Wildman–Crippen MR) is 335 cm³/mol. The van der Waals surface area contributed by atoms with Crippen LogP contribution in [0.1, 0.15) is 35.6 Å². The average Bonchev–Trinajstić information content (AvgIpc) is 4.37. The predicted octanol–water partition coefficient (Wildman–Crippen LogP) is 5.31. The molecule has 3 aliphatic heterocycles. The molecule has 11 rings (SSSR count). The fourth-order valence-electron chi connectivity index (χ4n) is 8.74. The summed E-state index contributed by atoms with van der Waals surface area (Å²) in [6.07, 6.45) is 10.2. The van der Waals surface area contributed by atoms with Crippen molar-refractivity contribution in [1.82, 2.24) is 29.1 Å². The number of amides is 2. The van der Waals surface area contributed by atoms with Crippen molar-refractivity contribution in [3.05, 3.63) is 181 Å². The molecule has 19 nitrogen and oxygen atoms in total. The number of aryl methyl sites for hydroxylation is 2. The summed E-state index contributed by atoms with van der Waals surface area (Å²) in [5.41, 5.74) is 16.1. The van der Waals surface area contributed by atoms with E-state index in [4.69, 9.17) is 60.4 Å². The third-order valence-corrected chi connectivity index (χ3v) is 12.8. The van der Waals surface area contributed by atoms with Gasteiger partial charge in [-0.25, -0.2) is 15.0 Å². The largest absolute Gasteiger partial charge is 0.490 e. The zero-order valence-corrected chi connectivity index (χ0v) is 46.2. The number of aromatic amines is 1. The first-order valence-electron chi connectivity index (χ1n) is 26.7. The summed E-state index contributed by atoms with van der Waals surface area (Å²) in [7, 11) is 25.5. The second-order valence-electron chi connectivity index (χ2n) is 19.4. The topological polar surface area (TPSA) is 204 Å². The quantitative estimate of drug-likeness (QED) is 0.0636. The van der Waals surface area contributed by atoms with E-state index in [9.17, 15) is 9.59 Å². The molecule has 0 saturated heterocycles. The van der Waals surface area contributed by atoms with Crippen molar-refractivity contribution in [3.8, 4) is 17.2 Å². The number of benzene rings is 5. The van der Waals surface area contributed by atoms with Crippen LogP contribution in [0.25, 0.3) is 0 Å². The van der Waals surface area contributed by atoms with Crippen LogP contribution in [0, 0.1) is 0 Å². The molecule has 417 valence electrons. The van der Waals surface area contributed by atoms with E-state index in [1.807, 2.05) is 163 Å². The van der Waals surface area contributed by atoms with Crippen LogP contribution in [0.15, 0.2) is 153 Å². The van der Waals surface area contributed by atoms with Gasteiger partial charge in [0.1, 0.15) is 50.3 Å². The van der Waals surface area contributed by atoms with Gasteiger partial charge in [0.2, 0.25) is 11.8 Å². The van der Waals surface area contributed by atoms with Crippen molar-refractivity contribution < 1.29 is 33.3 Å². The summed E-state index contributed by atoms with van der Waals surface area (Å²) < 4.78 is 32.0. The number of fused-ring (bicyclic) bond motifs is 3. The minimum Gasteiger partial charge on any atom is -0.490 e. The van der Waals surface area contributed by atoms with E-state index >= 15 is 0 Å². The number of ether oxygens (including phenoxy) is 5. The number of nitrogen functional groups attached to an aromatic ring is 1. The molecule has 0 aliphatic carbocycles. The van der Waals surface area contributed by atoms with Gasteiger partial charge in [0.25, 0.3) is 0 Å². The van der Waals surface area contributed by atoms with Crippen LogP contribution in [-0.2, 0) is 66.0 Å². The smallest absolute Gasteiger partial charge is 0.250 e. The molecular weight excluding hydrogens is 1040 g/mol. The zero-order valence-electron chi connectivity index (χ0n) is 46.2. The summed E-state index contributed by atoms with van der Waals surface area (Å²) >= 11 is 0. The number of hydrogen-bond acceptors (Lipinski definition) is 14. The van der Waals surface area contributed by atoms with E-state index in [1.165, 1.54) is 7.06 Å². The van der Waals surface area contributed by atoms with Crippen molar-refractivity contribution in [2.24, 2.45) is 14.1 Å². The lowest BCUT2D eigenvalue weighted by atomic mass is 8.76. The first kappa shape index (κ1) is 62.2. The lowest BCUT2D eigenvalue weighted by molar-refractivity contribution is -0.121. The maximum absolute atomic E-state index is 12.3. The van der Waals surface area contributed by atoms with Gasteiger partial charge in [-0.15, -0.1) is 0 Å². The summed E-state index contributed by atoms with van der Waals surface area (Å²) in [6, 6.07) is 36.6. The highest BCUT2D eigenvalue weighted by molar-refractivity contribution is 7.81. The van der Waals surface area contributed by atoms with Crippen molar-refractivity contribution >= 4 is 96.7 Å². The van der Waals surface area contributed by atoms with Gasteiger partial charge in [-0.3, -0.25) is 9.59 Å². The number of carbonyl (C=O) groups is 2. The van der Waals surface area contributed by atoms with Gasteiger partial charge in [0.15, 0.2) is 0 Å². The third-order valence-electron chi connectivity index (χ3n) is 12.8. The monoisotopic (exact) mass is 1110 g/mol. The Balaban J connectivity index is 0.000000172. The third kappa shape index (κ3) is 19.4. The molecule has 5 N–H and O–H groups in total. The van der Waals surface area contributed by atoms with Gasteiger partial charge in [-0.05, 0) is 65.7 Å². The highest BCUT2D eigenvalue weighted by Gasteiger charge is 2.23. The highest BCUT2D eigenvalue weighted by Crippen LogP contribution is 2.37. The molecule has 3 aliphatic rings. The Hall–Kier alpha value is -8.36. The van der Waals surface area contributed by atoms with Gasteiger partial charge in [-0.2, -0.15) is 0 Å². The first-order valence-corrected chi connectivity index (χ1v) is 26.7. The van der Waals surface area contributed by atoms with E-state index in [-0.39, 0.29) is 38.8 Å². The Morgan fingerprint density at radius 3 is 1.49 bits per heavy atom. The Labute approximate surface area is 493 Å². The Morgan fingerprint density at radius 1 is 0.651 bits per heavy atom. The van der Waals surface area contributed by atoms with E-state index in [1.54, 1.807) is 12.7 Å². The number of nitrogens with one attached hydrogen (secondary N) is 3. The van der Waals surface area contributed by atoms with Gasteiger partial charge in [0, 0.05) is 101 Å². The minimum atomic E-state index is -0.537. The van der Waals surface area contributed by atoms with E-state index < -0.39 is 6.39 Å². The summed E-state index contributed by atoms with van der Waals surface area (Å²) in [5.74, 6) is 2.14. The molecule has 0 saturated carbocycles. The van der Waals surface area contributed by atoms with Crippen molar-refractivity contribution in [2.45, 2.75) is 40.3 Å². The van der Waals surface area contributed by atoms with Gasteiger partial charge >= 0.3 is 0 Å². The highest BCUT2D eigenvalue weighted by atomic mass is 16.5. The van der Waals surface area contributed by atoms with E-state index in [0.29, 0.717) is 57.5 Å². The van der Waals surface area contributed by atoms with Crippen LogP contribution in [0.3, 0.4) is 0 Å². The maximum Gasteiger partial charge on any atom is 0.250 e. The summed E-state index contributed by atoms with van der Waals surface area (Å²) in [4.78, 5) is 47.1. The zero-order chi connectivity index (χ0) is 57.6. The fraction of sp³-hybridized carbons (Fsp3) is 0.281. The second-order valence-corrected chi connectivity index (χ2v) is 19.4. The fourth-order valence-corrected chi connectivity index (χ4v) is 8.74. The molecule has 0 spiro atoms. The SMILES string of the molecule is C.Cn1cnc(CN2CCOc3ccc(N)cc32)c1.Cn1cnc(CN2CCOc3ccc(NC(=O)COCc4ccccc4)cc32)c1.O=C(COCc1ccccc1)Nc1ccc2c(c1)N(Cc1cnc[nH]1)CCO2.[B][B]B([B])B([B])[B].